The fourth-order valence-corrected chi connectivity index (χ4v) is 2.60. The fraction of sp³-hybridized carbons (Fsp3) is 0.500. The molecule has 0 radical (unpaired) electrons. The molecule has 1 aliphatic rings. The Hall–Kier alpha value is -0.404. The van der Waals surface area contributed by atoms with Gasteiger partial charge in [0.15, 0.2) is 0 Å². The predicted octanol–water partition coefficient (Wildman–Crippen LogP) is -1.53. The molecule has 1 aliphatic carbocycles. The van der Waals surface area contributed by atoms with Gasteiger partial charge in [-0.15, -0.1) is 0 Å². The number of carbonyl (C=O) groups excluding carboxylic acids is 2. The molecule has 0 spiro atoms. The average Bonchev–Trinajstić information content (AvgIpc) is 2.52. The summed E-state index contributed by atoms with van der Waals surface area (Å²) in [7, 11) is 0. The molecule has 114 valence electrons. The molecular weight excluding hydrogens is 309 g/mol. The maximum Gasteiger partial charge on any atom is 1.00 e. The van der Waals surface area contributed by atoms with E-state index in [0.29, 0.717) is 25.3 Å². The SMILES string of the molecule is O=C(NCC1CCC(C(=O)[O-])CC1)OCc1ccccc1.[K+]. The Morgan fingerprint density at radius 3 is 2.36 bits per heavy atom. The third kappa shape index (κ3) is 6.79. The van der Waals surface area contributed by atoms with E-state index in [1.165, 1.54) is 0 Å². The number of alkyl carbamates (subject to hydrolysis) is 1. The zero-order chi connectivity index (χ0) is 15.1. The Bertz CT molecular complexity index is 472. The average molecular weight is 329 g/mol. The smallest absolute Gasteiger partial charge is 0.550 e. The molecule has 0 saturated heterocycles. The van der Waals surface area contributed by atoms with Gasteiger partial charge in [0, 0.05) is 12.5 Å². The van der Waals surface area contributed by atoms with E-state index in [2.05, 4.69) is 5.32 Å². The number of nitrogens with one attached hydrogen (secondary N) is 1. The molecule has 0 atom stereocenters. The number of ether oxygens (including phenoxy) is 1. The summed E-state index contributed by atoms with van der Waals surface area (Å²) >= 11 is 0. The van der Waals surface area contributed by atoms with Crippen LogP contribution in [-0.2, 0) is 16.1 Å². The van der Waals surface area contributed by atoms with Crippen LogP contribution >= 0.6 is 0 Å². The normalized spacial score (nSPS) is 20.5. The summed E-state index contributed by atoms with van der Waals surface area (Å²) < 4.78 is 5.12. The quantitative estimate of drug-likeness (QED) is 0.665. The summed E-state index contributed by atoms with van der Waals surface area (Å²) in [6.45, 7) is 0.789. The topological polar surface area (TPSA) is 78.5 Å². The van der Waals surface area contributed by atoms with Gasteiger partial charge in [0.2, 0.25) is 0 Å². The van der Waals surface area contributed by atoms with Gasteiger partial charge in [-0.05, 0) is 43.1 Å². The van der Waals surface area contributed by atoms with Crippen LogP contribution in [0.2, 0.25) is 0 Å². The van der Waals surface area contributed by atoms with Gasteiger partial charge in [0.05, 0.1) is 0 Å². The second kappa shape index (κ2) is 10.4. The summed E-state index contributed by atoms with van der Waals surface area (Å²) in [6.07, 6.45) is 2.44. The number of rotatable bonds is 5. The van der Waals surface area contributed by atoms with Crippen LogP contribution in [0.15, 0.2) is 30.3 Å². The van der Waals surface area contributed by atoms with Gasteiger partial charge in [0.25, 0.3) is 0 Å². The summed E-state index contributed by atoms with van der Waals surface area (Å²) in [5, 5.41) is 13.5. The number of hydrogen-bond donors (Lipinski definition) is 1. The Balaban J connectivity index is 0.00000242. The van der Waals surface area contributed by atoms with Crippen molar-refractivity contribution in [3.63, 3.8) is 0 Å². The second-order valence-electron chi connectivity index (χ2n) is 5.48. The maximum absolute atomic E-state index is 11.6. The van der Waals surface area contributed by atoms with E-state index >= 15 is 0 Å². The van der Waals surface area contributed by atoms with E-state index < -0.39 is 12.1 Å². The fourth-order valence-electron chi connectivity index (χ4n) is 2.60. The third-order valence-electron chi connectivity index (χ3n) is 3.93. The van der Waals surface area contributed by atoms with Crippen LogP contribution in [0, 0.1) is 11.8 Å². The first kappa shape index (κ1) is 19.6. The Morgan fingerprint density at radius 1 is 1.14 bits per heavy atom. The monoisotopic (exact) mass is 329 g/mol. The zero-order valence-corrected chi connectivity index (χ0v) is 16.0. The van der Waals surface area contributed by atoms with Crippen LogP contribution in [0.4, 0.5) is 4.79 Å². The van der Waals surface area contributed by atoms with Crippen LogP contribution in [-0.4, -0.2) is 18.6 Å². The molecule has 1 aromatic carbocycles. The molecule has 0 unspecified atom stereocenters. The largest absolute Gasteiger partial charge is 1.00 e. The van der Waals surface area contributed by atoms with Crippen molar-refractivity contribution in [3.05, 3.63) is 35.9 Å². The maximum atomic E-state index is 11.6. The minimum absolute atomic E-state index is 0. The van der Waals surface area contributed by atoms with Crippen LogP contribution in [0.25, 0.3) is 0 Å². The van der Waals surface area contributed by atoms with Crippen molar-refractivity contribution in [2.45, 2.75) is 32.3 Å². The Morgan fingerprint density at radius 2 is 1.77 bits per heavy atom. The molecule has 6 heteroatoms. The predicted molar refractivity (Wildman–Crippen MR) is 75.1 cm³/mol. The summed E-state index contributed by atoms with van der Waals surface area (Å²) in [5.74, 6) is -0.958. The van der Waals surface area contributed by atoms with Crippen molar-refractivity contribution in [1.82, 2.24) is 5.32 Å². The standard InChI is InChI=1S/C16H21NO4.K/c18-15(19)14-8-6-12(7-9-14)10-17-16(20)21-11-13-4-2-1-3-5-13;/h1-5,12,14H,6-11H2,(H,17,20)(H,18,19);/q;+1/p-1. The molecule has 2 rings (SSSR count). The number of benzene rings is 1. The number of amides is 1. The molecule has 0 aliphatic heterocycles. The minimum Gasteiger partial charge on any atom is -0.550 e. The van der Waals surface area contributed by atoms with Crippen molar-refractivity contribution in [2.75, 3.05) is 6.54 Å². The van der Waals surface area contributed by atoms with Gasteiger partial charge in [-0.3, -0.25) is 0 Å². The van der Waals surface area contributed by atoms with Gasteiger partial charge >= 0.3 is 57.5 Å². The van der Waals surface area contributed by atoms with E-state index in [0.717, 1.165) is 18.4 Å². The molecule has 0 heterocycles. The van der Waals surface area contributed by atoms with Crippen molar-refractivity contribution in [2.24, 2.45) is 11.8 Å². The number of carboxylic acids is 1. The Labute approximate surface area is 173 Å². The molecular formula is C16H20KNO4. The first-order valence-corrected chi connectivity index (χ1v) is 7.30. The number of hydrogen-bond acceptors (Lipinski definition) is 4. The van der Waals surface area contributed by atoms with Gasteiger partial charge in [0.1, 0.15) is 6.61 Å². The van der Waals surface area contributed by atoms with Crippen molar-refractivity contribution in [1.29, 1.82) is 0 Å². The van der Waals surface area contributed by atoms with Crippen LogP contribution in [0.1, 0.15) is 31.2 Å². The van der Waals surface area contributed by atoms with Crippen molar-refractivity contribution >= 4 is 12.1 Å². The molecule has 1 amide bonds. The van der Waals surface area contributed by atoms with E-state index in [-0.39, 0.29) is 63.9 Å². The van der Waals surface area contributed by atoms with E-state index in [4.69, 9.17) is 4.74 Å². The number of aliphatic carboxylic acids is 1. The molecule has 1 fully saturated rings. The zero-order valence-electron chi connectivity index (χ0n) is 12.9. The summed E-state index contributed by atoms with van der Waals surface area (Å²) in [5.41, 5.74) is 0.946. The van der Waals surface area contributed by atoms with Gasteiger partial charge < -0.3 is 20.0 Å². The molecule has 0 aromatic heterocycles. The van der Waals surface area contributed by atoms with E-state index in [1.54, 1.807) is 0 Å². The molecule has 5 nitrogen and oxygen atoms in total. The van der Waals surface area contributed by atoms with Crippen LogP contribution in [0.3, 0.4) is 0 Å². The molecule has 1 saturated carbocycles. The molecule has 22 heavy (non-hydrogen) atoms. The second-order valence-corrected chi connectivity index (χ2v) is 5.48. The first-order chi connectivity index (χ1) is 10.1. The van der Waals surface area contributed by atoms with Gasteiger partial charge in [-0.2, -0.15) is 0 Å². The van der Waals surface area contributed by atoms with E-state index in [9.17, 15) is 14.7 Å². The van der Waals surface area contributed by atoms with E-state index in [1.807, 2.05) is 30.3 Å². The number of carboxylic acid groups (broad SMARTS) is 1. The van der Waals surface area contributed by atoms with Crippen LogP contribution < -0.4 is 61.8 Å². The first-order valence-electron chi connectivity index (χ1n) is 7.30. The summed E-state index contributed by atoms with van der Waals surface area (Å²) in [6, 6.07) is 9.49. The van der Waals surface area contributed by atoms with Gasteiger partial charge in [-0.25, -0.2) is 4.79 Å². The summed E-state index contributed by atoms with van der Waals surface area (Å²) in [4.78, 5) is 22.3. The van der Waals surface area contributed by atoms with Crippen LogP contribution in [0.5, 0.6) is 0 Å². The van der Waals surface area contributed by atoms with Crippen molar-refractivity contribution in [3.8, 4) is 0 Å². The minimum atomic E-state index is -0.955. The number of carbonyl (C=O) groups is 2. The third-order valence-corrected chi connectivity index (χ3v) is 3.93. The Kier molecular flexibility index (Phi) is 9.27. The molecule has 0 bridgehead atoms. The molecule has 1 aromatic rings. The van der Waals surface area contributed by atoms with Gasteiger partial charge in [-0.1, -0.05) is 30.3 Å². The van der Waals surface area contributed by atoms with Crippen molar-refractivity contribution < 1.29 is 70.8 Å². The molecule has 1 N–H and O–H groups in total.